The summed E-state index contributed by atoms with van der Waals surface area (Å²) in [6, 6.07) is 14.8. The van der Waals surface area contributed by atoms with E-state index in [1.807, 2.05) is 37.3 Å². The topological polar surface area (TPSA) is 71.5 Å². The van der Waals surface area contributed by atoms with Gasteiger partial charge in [-0.15, -0.1) is 0 Å². The van der Waals surface area contributed by atoms with Crippen LogP contribution in [0.4, 0.5) is 15.8 Å². The lowest BCUT2D eigenvalue weighted by Gasteiger charge is -2.10. The number of ether oxygens (including phenoxy) is 1. The van der Waals surface area contributed by atoms with Crippen molar-refractivity contribution in [1.29, 1.82) is 0 Å². The van der Waals surface area contributed by atoms with Gasteiger partial charge in [-0.3, -0.25) is 4.98 Å². The Morgan fingerprint density at radius 1 is 1.19 bits per heavy atom. The number of aromatic carboxylic acids is 1. The van der Waals surface area contributed by atoms with Gasteiger partial charge in [0.2, 0.25) is 0 Å². The third-order valence-electron chi connectivity index (χ3n) is 3.70. The van der Waals surface area contributed by atoms with Crippen LogP contribution in [0.5, 0.6) is 5.75 Å². The van der Waals surface area contributed by atoms with Crippen molar-refractivity contribution in [2.24, 2.45) is 0 Å². The molecule has 132 valence electrons. The van der Waals surface area contributed by atoms with Crippen molar-refractivity contribution in [1.82, 2.24) is 4.98 Å². The molecule has 0 aliphatic heterocycles. The molecule has 0 saturated heterocycles. The standard InChI is InChI=1S/C20H17FN2O3/c1-2-26-16-5-3-4-13(10-16)18-9-7-15(12-22-18)23-19-8-6-14(21)11-17(19)20(24)25/h3-12,23H,2H2,1H3,(H,24,25). The molecule has 0 atom stereocenters. The lowest BCUT2D eigenvalue weighted by molar-refractivity contribution is 0.0697. The molecule has 5 nitrogen and oxygen atoms in total. The summed E-state index contributed by atoms with van der Waals surface area (Å²) in [5.41, 5.74) is 2.43. The highest BCUT2D eigenvalue weighted by atomic mass is 19.1. The number of carboxylic acids is 1. The molecular weight excluding hydrogens is 335 g/mol. The zero-order chi connectivity index (χ0) is 18.5. The van der Waals surface area contributed by atoms with Crippen molar-refractivity contribution in [3.05, 3.63) is 72.2 Å². The van der Waals surface area contributed by atoms with Gasteiger partial charge < -0.3 is 15.2 Å². The average Bonchev–Trinajstić information content (AvgIpc) is 2.64. The number of hydrogen-bond acceptors (Lipinski definition) is 4. The fraction of sp³-hybridized carbons (Fsp3) is 0.100. The first-order chi connectivity index (χ1) is 12.6. The van der Waals surface area contributed by atoms with E-state index in [0.29, 0.717) is 18.0 Å². The molecule has 1 aromatic heterocycles. The Kier molecular flexibility index (Phi) is 5.12. The smallest absolute Gasteiger partial charge is 0.337 e. The third-order valence-corrected chi connectivity index (χ3v) is 3.70. The van der Waals surface area contributed by atoms with Crippen molar-refractivity contribution < 1.29 is 19.0 Å². The molecule has 0 unspecified atom stereocenters. The van der Waals surface area contributed by atoms with Gasteiger partial charge in [-0.05, 0) is 49.4 Å². The van der Waals surface area contributed by atoms with Gasteiger partial charge in [0.25, 0.3) is 0 Å². The minimum Gasteiger partial charge on any atom is -0.494 e. The number of benzene rings is 2. The van der Waals surface area contributed by atoms with E-state index in [4.69, 9.17) is 4.74 Å². The van der Waals surface area contributed by atoms with Crippen molar-refractivity contribution in [2.75, 3.05) is 11.9 Å². The Labute approximate surface area is 150 Å². The Bertz CT molecular complexity index is 927. The van der Waals surface area contributed by atoms with Gasteiger partial charge in [-0.1, -0.05) is 12.1 Å². The molecule has 0 aliphatic rings. The number of nitrogens with zero attached hydrogens (tertiary/aromatic N) is 1. The van der Waals surface area contributed by atoms with Crippen molar-refractivity contribution in [2.45, 2.75) is 6.92 Å². The van der Waals surface area contributed by atoms with E-state index in [9.17, 15) is 14.3 Å². The Hall–Kier alpha value is -3.41. The summed E-state index contributed by atoms with van der Waals surface area (Å²) in [7, 11) is 0. The fourth-order valence-electron chi connectivity index (χ4n) is 2.51. The van der Waals surface area contributed by atoms with Gasteiger partial charge in [-0.2, -0.15) is 0 Å². The third kappa shape index (κ3) is 3.97. The van der Waals surface area contributed by atoms with E-state index in [1.165, 1.54) is 12.1 Å². The summed E-state index contributed by atoms with van der Waals surface area (Å²) in [6.45, 7) is 2.51. The van der Waals surface area contributed by atoms with E-state index < -0.39 is 11.8 Å². The highest BCUT2D eigenvalue weighted by molar-refractivity contribution is 5.95. The summed E-state index contributed by atoms with van der Waals surface area (Å²) in [5.74, 6) is -1.04. The average molecular weight is 352 g/mol. The van der Waals surface area contributed by atoms with Crippen LogP contribution in [0.1, 0.15) is 17.3 Å². The second kappa shape index (κ2) is 7.65. The molecule has 2 N–H and O–H groups in total. The summed E-state index contributed by atoms with van der Waals surface area (Å²) in [6.07, 6.45) is 1.59. The Balaban J connectivity index is 1.83. The second-order valence-electron chi connectivity index (χ2n) is 5.51. The Morgan fingerprint density at radius 2 is 2.04 bits per heavy atom. The van der Waals surface area contributed by atoms with Crippen LogP contribution in [0.15, 0.2) is 60.8 Å². The molecule has 26 heavy (non-hydrogen) atoms. The van der Waals surface area contributed by atoms with Gasteiger partial charge >= 0.3 is 5.97 Å². The maximum Gasteiger partial charge on any atom is 0.337 e. The molecule has 0 amide bonds. The highest BCUT2D eigenvalue weighted by Crippen LogP contribution is 2.25. The van der Waals surface area contributed by atoms with E-state index >= 15 is 0 Å². The molecule has 0 radical (unpaired) electrons. The monoisotopic (exact) mass is 352 g/mol. The van der Waals surface area contributed by atoms with E-state index in [2.05, 4.69) is 10.3 Å². The lowest BCUT2D eigenvalue weighted by Crippen LogP contribution is -2.03. The van der Waals surface area contributed by atoms with Crippen LogP contribution in [-0.2, 0) is 0 Å². The predicted octanol–water partition coefficient (Wildman–Crippen LogP) is 4.73. The number of carbonyl (C=O) groups is 1. The highest BCUT2D eigenvalue weighted by Gasteiger charge is 2.12. The fourth-order valence-corrected chi connectivity index (χ4v) is 2.51. The number of carboxylic acid groups (broad SMARTS) is 1. The molecule has 2 aromatic carbocycles. The Morgan fingerprint density at radius 3 is 2.73 bits per heavy atom. The quantitative estimate of drug-likeness (QED) is 0.671. The summed E-state index contributed by atoms with van der Waals surface area (Å²) < 4.78 is 18.8. The van der Waals surface area contributed by atoms with Gasteiger partial charge in [0.05, 0.1) is 35.4 Å². The minimum atomic E-state index is -1.20. The van der Waals surface area contributed by atoms with Crippen LogP contribution in [0.3, 0.4) is 0 Å². The van der Waals surface area contributed by atoms with E-state index in [-0.39, 0.29) is 5.56 Å². The van der Waals surface area contributed by atoms with Gasteiger partial charge in [0.15, 0.2) is 0 Å². The van der Waals surface area contributed by atoms with Crippen LogP contribution >= 0.6 is 0 Å². The number of hydrogen-bond donors (Lipinski definition) is 2. The summed E-state index contributed by atoms with van der Waals surface area (Å²) >= 11 is 0. The molecule has 3 rings (SSSR count). The molecule has 0 spiro atoms. The van der Waals surface area contributed by atoms with Gasteiger partial charge in [0, 0.05) is 5.56 Å². The largest absolute Gasteiger partial charge is 0.494 e. The van der Waals surface area contributed by atoms with Crippen molar-refractivity contribution >= 4 is 17.3 Å². The maximum absolute atomic E-state index is 13.3. The van der Waals surface area contributed by atoms with Gasteiger partial charge in [-0.25, -0.2) is 9.18 Å². The van der Waals surface area contributed by atoms with Crippen molar-refractivity contribution in [3.8, 4) is 17.0 Å². The minimum absolute atomic E-state index is 0.140. The molecule has 1 heterocycles. The molecule has 0 saturated carbocycles. The first-order valence-corrected chi connectivity index (χ1v) is 8.06. The maximum atomic E-state index is 13.3. The SMILES string of the molecule is CCOc1cccc(-c2ccc(Nc3ccc(F)cc3C(=O)O)cn2)c1. The van der Waals surface area contributed by atoms with Crippen LogP contribution in [-0.4, -0.2) is 22.7 Å². The normalized spacial score (nSPS) is 10.4. The zero-order valence-electron chi connectivity index (χ0n) is 14.1. The van der Waals surface area contributed by atoms with Crippen LogP contribution in [0.2, 0.25) is 0 Å². The first-order valence-electron chi connectivity index (χ1n) is 8.06. The second-order valence-corrected chi connectivity index (χ2v) is 5.51. The number of nitrogens with one attached hydrogen (secondary N) is 1. The number of aromatic nitrogens is 1. The first kappa shape index (κ1) is 17.4. The summed E-state index contributed by atoms with van der Waals surface area (Å²) in [5, 5.41) is 12.2. The molecule has 3 aromatic rings. The summed E-state index contributed by atoms with van der Waals surface area (Å²) in [4.78, 5) is 15.7. The van der Waals surface area contributed by atoms with E-state index in [1.54, 1.807) is 12.3 Å². The van der Waals surface area contributed by atoms with Crippen LogP contribution < -0.4 is 10.1 Å². The van der Waals surface area contributed by atoms with Crippen LogP contribution in [0, 0.1) is 5.82 Å². The zero-order valence-corrected chi connectivity index (χ0v) is 14.1. The van der Waals surface area contributed by atoms with Crippen molar-refractivity contribution in [3.63, 3.8) is 0 Å². The number of halogens is 1. The number of rotatable bonds is 6. The number of anilines is 2. The van der Waals surface area contributed by atoms with E-state index in [0.717, 1.165) is 23.1 Å². The molecule has 0 bridgehead atoms. The molecule has 0 aliphatic carbocycles. The predicted molar refractivity (Wildman–Crippen MR) is 97.5 cm³/mol. The lowest BCUT2D eigenvalue weighted by atomic mass is 10.1. The molecule has 6 heteroatoms. The van der Waals surface area contributed by atoms with Gasteiger partial charge in [0.1, 0.15) is 11.6 Å². The number of pyridine rings is 1. The molecule has 0 fully saturated rings. The van der Waals surface area contributed by atoms with Crippen LogP contribution in [0.25, 0.3) is 11.3 Å². The molecular formula is C20H17FN2O3.